The standard InChI is InChI=1S/C12H21N3OS/c1-8(2)11(13)12(16)15(4)6-5-10-14-7-9(3)17-10/h7-8,11H,5-6,13H2,1-4H3/t11-/m0/s1. The maximum Gasteiger partial charge on any atom is 0.239 e. The molecule has 1 aromatic heterocycles. The molecule has 0 fully saturated rings. The monoisotopic (exact) mass is 255 g/mol. The Hall–Kier alpha value is -0.940. The molecule has 0 saturated carbocycles. The molecule has 0 aromatic carbocycles. The molecule has 1 atom stereocenters. The summed E-state index contributed by atoms with van der Waals surface area (Å²) in [5, 5.41) is 1.07. The molecule has 4 nitrogen and oxygen atoms in total. The second-order valence-corrected chi connectivity index (χ2v) is 5.96. The molecular formula is C12H21N3OS. The van der Waals surface area contributed by atoms with E-state index < -0.39 is 6.04 Å². The van der Waals surface area contributed by atoms with E-state index in [1.165, 1.54) is 4.88 Å². The van der Waals surface area contributed by atoms with Crippen molar-refractivity contribution in [2.75, 3.05) is 13.6 Å². The molecule has 1 aromatic rings. The number of hydrogen-bond donors (Lipinski definition) is 1. The van der Waals surface area contributed by atoms with E-state index in [4.69, 9.17) is 5.73 Å². The van der Waals surface area contributed by atoms with Crippen molar-refractivity contribution < 1.29 is 4.79 Å². The highest BCUT2D eigenvalue weighted by molar-refractivity contribution is 7.11. The number of nitrogens with zero attached hydrogens (tertiary/aromatic N) is 2. The number of carbonyl (C=O) groups excluding carboxylic acids is 1. The van der Waals surface area contributed by atoms with E-state index in [-0.39, 0.29) is 11.8 Å². The Morgan fingerprint density at radius 3 is 2.71 bits per heavy atom. The van der Waals surface area contributed by atoms with Crippen LogP contribution in [0.25, 0.3) is 0 Å². The minimum absolute atomic E-state index is 0.00766. The minimum atomic E-state index is -0.405. The summed E-state index contributed by atoms with van der Waals surface area (Å²) >= 11 is 1.68. The highest BCUT2D eigenvalue weighted by Crippen LogP contribution is 2.12. The van der Waals surface area contributed by atoms with Crippen LogP contribution in [0, 0.1) is 12.8 Å². The molecule has 1 heterocycles. The molecule has 0 spiro atoms. The van der Waals surface area contributed by atoms with Crippen LogP contribution in [0.15, 0.2) is 6.20 Å². The molecule has 96 valence electrons. The normalized spacial score (nSPS) is 12.8. The van der Waals surface area contributed by atoms with Crippen molar-refractivity contribution in [1.82, 2.24) is 9.88 Å². The number of thiazole rings is 1. The van der Waals surface area contributed by atoms with Gasteiger partial charge in [-0.3, -0.25) is 4.79 Å². The summed E-state index contributed by atoms with van der Waals surface area (Å²) in [6, 6.07) is -0.405. The molecule has 0 aliphatic heterocycles. The molecule has 0 radical (unpaired) electrons. The van der Waals surface area contributed by atoms with E-state index in [0.717, 1.165) is 11.4 Å². The van der Waals surface area contributed by atoms with Crippen LogP contribution in [0.4, 0.5) is 0 Å². The van der Waals surface area contributed by atoms with Gasteiger partial charge < -0.3 is 10.6 Å². The highest BCUT2D eigenvalue weighted by Gasteiger charge is 2.20. The third kappa shape index (κ3) is 4.09. The van der Waals surface area contributed by atoms with Gasteiger partial charge >= 0.3 is 0 Å². The van der Waals surface area contributed by atoms with Gasteiger partial charge in [0.1, 0.15) is 0 Å². The number of carbonyl (C=O) groups is 1. The van der Waals surface area contributed by atoms with E-state index in [9.17, 15) is 4.79 Å². The maximum atomic E-state index is 11.9. The van der Waals surface area contributed by atoms with Crippen molar-refractivity contribution in [1.29, 1.82) is 0 Å². The summed E-state index contributed by atoms with van der Waals surface area (Å²) in [6.45, 7) is 6.62. The number of aryl methyl sites for hydroxylation is 1. The van der Waals surface area contributed by atoms with Crippen LogP contribution in [0.3, 0.4) is 0 Å². The third-order valence-electron chi connectivity index (χ3n) is 2.71. The lowest BCUT2D eigenvalue weighted by Gasteiger charge is -2.23. The molecule has 0 saturated heterocycles. The van der Waals surface area contributed by atoms with Crippen LogP contribution in [-0.2, 0) is 11.2 Å². The second kappa shape index (κ2) is 6.12. The number of amides is 1. The molecule has 1 rings (SSSR count). The van der Waals surface area contributed by atoms with E-state index in [1.807, 2.05) is 27.0 Å². The van der Waals surface area contributed by atoms with Crippen molar-refractivity contribution >= 4 is 17.2 Å². The van der Waals surface area contributed by atoms with Gasteiger partial charge in [-0.25, -0.2) is 4.98 Å². The zero-order valence-electron chi connectivity index (χ0n) is 10.9. The SMILES string of the molecule is Cc1cnc(CCN(C)C(=O)[C@@H](N)C(C)C)s1. The average molecular weight is 255 g/mol. The van der Waals surface area contributed by atoms with Gasteiger partial charge in [0.15, 0.2) is 0 Å². The zero-order valence-corrected chi connectivity index (χ0v) is 11.8. The van der Waals surface area contributed by atoms with Crippen molar-refractivity contribution in [3.63, 3.8) is 0 Å². The lowest BCUT2D eigenvalue weighted by Crippen LogP contribution is -2.45. The fraction of sp³-hybridized carbons (Fsp3) is 0.667. The van der Waals surface area contributed by atoms with Crippen LogP contribution < -0.4 is 5.73 Å². The van der Waals surface area contributed by atoms with E-state index >= 15 is 0 Å². The second-order valence-electron chi connectivity index (χ2n) is 4.64. The lowest BCUT2D eigenvalue weighted by molar-refractivity contribution is -0.132. The Morgan fingerprint density at radius 2 is 2.24 bits per heavy atom. The number of aromatic nitrogens is 1. The van der Waals surface area contributed by atoms with Crippen molar-refractivity contribution in [2.45, 2.75) is 33.2 Å². The third-order valence-corrected chi connectivity index (χ3v) is 3.68. The number of nitrogens with two attached hydrogens (primary N) is 1. The van der Waals surface area contributed by atoms with Crippen molar-refractivity contribution in [2.24, 2.45) is 11.7 Å². The van der Waals surface area contributed by atoms with Gasteiger partial charge in [-0.05, 0) is 12.8 Å². The first kappa shape index (κ1) is 14.1. The summed E-state index contributed by atoms with van der Waals surface area (Å²) in [5.74, 6) is 0.181. The van der Waals surface area contributed by atoms with Crippen molar-refractivity contribution in [3.05, 3.63) is 16.1 Å². The van der Waals surface area contributed by atoms with E-state index in [0.29, 0.717) is 6.54 Å². The lowest BCUT2D eigenvalue weighted by atomic mass is 10.0. The molecule has 0 unspecified atom stereocenters. The zero-order chi connectivity index (χ0) is 13.0. The fourth-order valence-corrected chi connectivity index (χ4v) is 2.21. The Balaban J connectivity index is 2.44. The van der Waals surface area contributed by atoms with Crippen LogP contribution in [0.5, 0.6) is 0 Å². The number of hydrogen-bond acceptors (Lipinski definition) is 4. The summed E-state index contributed by atoms with van der Waals surface area (Å²) < 4.78 is 0. The van der Waals surface area contributed by atoms with Crippen LogP contribution in [-0.4, -0.2) is 35.4 Å². The molecule has 0 bridgehead atoms. The van der Waals surface area contributed by atoms with Gasteiger partial charge in [-0.2, -0.15) is 0 Å². The predicted octanol–water partition coefficient (Wildman–Crippen LogP) is 1.44. The molecule has 1 amide bonds. The summed E-state index contributed by atoms with van der Waals surface area (Å²) in [6.07, 6.45) is 2.66. The van der Waals surface area contributed by atoms with Gasteiger partial charge in [0, 0.05) is 31.1 Å². The topological polar surface area (TPSA) is 59.2 Å². The van der Waals surface area contributed by atoms with Gasteiger partial charge in [0.25, 0.3) is 0 Å². The summed E-state index contributed by atoms with van der Waals surface area (Å²) in [4.78, 5) is 19.1. The molecular weight excluding hydrogens is 234 g/mol. The smallest absolute Gasteiger partial charge is 0.239 e. The Bertz CT molecular complexity index is 376. The minimum Gasteiger partial charge on any atom is -0.344 e. The van der Waals surface area contributed by atoms with Gasteiger partial charge in [-0.1, -0.05) is 13.8 Å². The van der Waals surface area contributed by atoms with E-state index in [1.54, 1.807) is 23.3 Å². The quantitative estimate of drug-likeness (QED) is 0.866. The number of likely N-dealkylation sites (N-methyl/N-ethyl adjacent to an activating group) is 1. The van der Waals surface area contributed by atoms with Crippen LogP contribution in [0.2, 0.25) is 0 Å². The molecule has 5 heteroatoms. The van der Waals surface area contributed by atoms with Crippen LogP contribution in [0.1, 0.15) is 23.7 Å². The fourth-order valence-electron chi connectivity index (χ4n) is 1.43. The van der Waals surface area contributed by atoms with E-state index in [2.05, 4.69) is 4.98 Å². The van der Waals surface area contributed by atoms with Crippen molar-refractivity contribution in [3.8, 4) is 0 Å². The Kier molecular flexibility index (Phi) is 5.08. The number of rotatable bonds is 5. The average Bonchev–Trinajstić information content (AvgIpc) is 2.69. The van der Waals surface area contributed by atoms with Crippen LogP contribution >= 0.6 is 11.3 Å². The van der Waals surface area contributed by atoms with Gasteiger partial charge in [0.05, 0.1) is 11.0 Å². The predicted molar refractivity (Wildman–Crippen MR) is 71.0 cm³/mol. The maximum absolute atomic E-state index is 11.9. The first-order valence-electron chi connectivity index (χ1n) is 5.83. The summed E-state index contributed by atoms with van der Waals surface area (Å²) in [5.41, 5.74) is 5.83. The highest BCUT2D eigenvalue weighted by atomic mass is 32.1. The largest absolute Gasteiger partial charge is 0.344 e. The Morgan fingerprint density at radius 1 is 1.59 bits per heavy atom. The first-order valence-corrected chi connectivity index (χ1v) is 6.65. The molecule has 2 N–H and O–H groups in total. The molecule has 17 heavy (non-hydrogen) atoms. The molecule has 0 aliphatic carbocycles. The summed E-state index contributed by atoms with van der Waals surface area (Å²) in [7, 11) is 1.80. The van der Waals surface area contributed by atoms with Gasteiger partial charge in [0.2, 0.25) is 5.91 Å². The first-order chi connectivity index (χ1) is 7.91. The Labute approximate surface area is 107 Å². The molecule has 0 aliphatic rings. The van der Waals surface area contributed by atoms with Gasteiger partial charge in [-0.15, -0.1) is 11.3 Å².